The molecule has 1 rings (SSSR count). The third-order valence-corrected chi connectivity index (χ3v) is 2.08. The molecule has 1 aromatic rings. The molecule has 0 saturated heterocycles. The molecule has 0 spiro atoms. The smallest absolute Gasteiger partial charge is 0.872 e. The molecule has 1 aromatic carbocycles. The number of nitro groups is 2. The van der Waals surface area contributed by atoms with E-state index in [0.717, 1.165) is 6.92 Å². The normalized spacial score (nSPS) is 9.39. The van der Waals surface area contributed by atoms with Gasteiger partial charge < -0.3 is 10.2 Å². The van der Waals surface area contributed by atoms with Gasteiger partial charge in [0.1, 0.15) is 5.56 Å². The number of carboxylic acid groups (broad SMARTS) is 1. The van der Waals surface area contributed by atoms with Crippen molar-refractivity contribution in [2.75, 3.05) is 0 Å². The van der Waals surface area contributed by atoms with E-state index in [-0.39, 0.29) is 51.4 Å². The summed E-state index contributed by atoms with van der Waals surface area (Å²) in [5.41, 5.74) is -3.66. The summed E-state index contributed by atoms with van der Waals surface area (Å²) < 4.78 is 0. The number of carbonyl (C=O) groups is 1. The molecule has 10 heteroatoms. The number of rotatable bonds is 3. The van der Waals surface area contributed by atoms with E-state index in [1.54, 1.807) is 0 Å². The summed E-state index contributed by atoms with van der Waals surface area (Å²) in [5, 5.41) is 41.2. The minimum Gasteiger partial charge on any atom is -0.872 e. The molecule has 18 heavy (non-hydrogen) atoms. The van der Waals surface area contributed by atoms with Crippen LogP contribution >= 0.6 is 0 Å². The van der Waals surface area contributed by atoms with E-state index in [0.29, 0.717) is 6.07 Å². The van der Waals surface area contributed by atoms with Gasteiger partial charge in [-0.25, -0.2) is 4.79 Å². The molecule has 0 unspecified atom stereocenters. The van der Waals surface area contributed by atoms with Crippen molar-refractivity contribution in [1.82, 2.24) is 0 Å². The van der Waals surface area contributed by atoms with Crippen LogP contribution in [0.15, 0.2) is 6.07 Å². The second-order valence-corrected chi connectivity index (χ2v) is 3.06. The summed E-state index contributed by atoms with van der Waals surface area (Å²) in [4.78, 5) is 29.6. The molecule has 0 radical (unpaired) electrons. The second-order valence-electron chi connectivity index (χ2n) is 3.06. The van der Waals surface area contributed by atoms with E-state index < -0.39 is 44.1 Å². The maximum Gasteiger partial charge on any atom is 1.00 e. The first-order valence-corrected chi connectivity index (χ1v) is 4.14. The van der Waals surface area contributed by atoms with E-state index in [1.807, 2.05) is 0 Å². The van der Waals surface area contributed by atoms with Gasteiger partial charge in [0.05, 0.1) is 9.85 Å². The number of hydrogen-bond acceptors (Lipinski definition) is 6. The van der Waals surface area contributed by atoms with E-state index in [9.17, 15) is 30.1 Å². The average molecular weight is 280 g/mol. The molecule has 0 heterocycles. The van der Waals surface area contributed by atoms with Crippen molar-refractivity contribution in [2.45, 2.75) is 6.92 Å². The van der Waals surface area contributed by atoms with Crippen LogP contribution in [0.1, 0.15) is 15.9 Å². The minimum absolute atomic E-state index is 0. The molecule has 0 bridgehead atoms. The Morgan fingerprint density at radius 3 is 2.11 bits per heavy atom. The molecular formula is C8H5KN2O7. The molecular weight excluding hydrogens is 275 g/mol. The number of nitro benzene ring substituents is 2. The van der Waals surface area contributed by atoms with Crippen molar-refractivity contribution < 1.29 is 76.2 Å². The van der Waals surface area contributed by atoms with Gasteiger partial charge in [-0.2, -0.15) is 0 Å². The van der Waals surface area contributed by atoms with Gasteiger partial charge in [-0.05, 0) is 12.5 Å². The van der Waals surface area contributed by atoms with Crippen molar-refractivity contribution in [3.8, 4) is 5.75 Å². The minimum atomic E-state index is -1.75. The molecule has 0 amide bonds. The Morgan fingerprint density at radius 1 is 1.28 bits per heavy atom. The van der Waals surface area contributed by atoms with Crippen molar-refractivity contribution in [2.24, 2.45) is 0 Å². The van der Waals surface area contributed by atoms with Crippen LogP contribution in [0.4, 0.5) is 11.4 Å². The predicted molar refractivity (Wildman–Crippen MR) is 50.9 cm³/mol. The number of nitrogens with zero attached hydrogens (tertiary/aromatic N) is 2. The van der Waals surface area contributed by atoms with Crippen molar-refractivity contribution in [3.05, 3.63) is 37.4 Å². The zero-order valence-corrected chi connectivity index (χ0v) is 12.5. The molecule has 0 aliphatic rings. The first kappa shape index (κ1) is 16.9. The van der Waals surface area contributed by atoms with Crippen LogP contribution < -0.4 is 56.5 Å². The van der Waals surface area contributed by atoms with Gasteiger partial charge in [-0.1, -0.05) is 5.75 Å². The largest absolute Gasteiger partial charge is 1.00 e. The zero-order chi connectivity index (χ0) is 13.3. The Balaban J connectivity index is 0.00000289. The molecule has 0 aliphatic heterocycles. The topological polar surface area (TPSA) is 147 Å². The first-order valence-electron chi connectivity index (χ1n) is 4.14. The van der Waals surface area contributed by atoms with Crippen molar-refractivity contribution >= 4 is 17.3 Å². The summed E-state index contributed by atoms with van der Waals surface area (Å²) >= 11 is 0. The van der Waals surface area contributed by atoms with Crippen LogP contribution in [0.5, 0.6) is 5.75 Å². The Kier molecular flexibility index (Phi) is 5.83. The fraction of sp³-hybridized carbons (Fsp3) is 0.125. The Labute approximate surface area is 142 Å². The summed E-state index contributed by atoms with van der Waals surface area (Å²) in [6.07, 6.45) is 0. The molecule has 0 aliphatic carbocycles. The first-order chi connectivity index (χ1) is 7.77. The van der Waals surface area contributed by atoms with Crippen LogP contribution in [0.2, 0.25) is 0 Å². The predicted octanol–water partition coefficient (Wildman–Crippen LogP) is -2.41. The van der Waals surface area contributed by atoms with Gasteiger partial charge in [0, 0.05) is 6.07 Å². The van der Waals surface area contributed by atoms with Crippen molar-refractivity contribution in [1.29, 1.82) is 0 Å². The Bertz CT molecular complexity index is 543. The molecule has 90 valence electrons. The second kappa shape index (κ2) is 6.20. The number of benzene rings is 1. The summed E-state index contributed by atoms with van der Waals surface area (Å²) in [5.74, 6) is -2.69. The SMILES string of the molecule is Cc1c([O-])cc([N+](=O)[O-])c([N+](=O)[O-])c1C(=O)O.[K+]. The summed E-state index contributed by atoms with van der Waals surface area (Å²) in [6.45, 7) is 1.06. The number of aromatic carboxylic acids is 1. The Hall–Kier alpha value is -1.07. The van der Waals surface area contributed by atoms with Gasteiger partial charge in [-0.3, -0.25) is 20.2 Å². The standard InChI is InChI=1S/C8H6N2O7.K/c1-3-5(11)2-4(9(14)15)7(10(16)17)6(3)8(12)13;/h2,11H,1H3,(H,12,13);/q;+1/p-1. The van der Waals surface area contributed by atoms with Crippen LogP contribution in [-0.2, 0) is 0 Å². The summed E-state index contributed by atoms with van der Waals surface area (Å²) in [6, 6.07) is 0.444. The van der Waals surface area contributed by atoms with Gasteiger partial charge >= 0.3 is 68.7 Å². The van der Waals surface area contributed by atoms with E-state index in [4.69, 9.17) is 5.11 Å². The van der Waals surface area contributed by atoms with E-state index in [1.165, 1.54) is 0 Å². The molecule has 0 atom stereocenters. The van der Waals surface area contributed by atoms with Gasteiger partial charge in [0.2, 0.25) is 0 Å². The summed E-state index contributed by atoms with van der Waals surface area (Å²) in [7, 11) is 0. The maximum atomic E-state index is 11.3. The molecule has 0 fully saturated rings. The van der Waals surface area contributed by atoms with Gasteiger partial charge in [0.15, 0.2) is 0 Å². The van der Waals surface area contributed by atoms with Crippen LogP contribution in [0.3, 0.4) is 0 Å². The average Bonchev–Trinajstić information content (AvgIpc) is 2.19. The van der Waals surface area contributed by atoms with Crippen LogP contribution in [0.25, 0.3) is 0 Å². The van der Waals surface area contributed by atoms with Crippen molar-refractivity contribution in [3.63, 3.8) is 0 Å². The van der Waals surface area contributed by atoms with E-state index in [2.05, 4.69) is 0 Å². The Morgan fingerprint density at radius 2 is 1.78 bits per heavy atom. The third kappa shape index (κ3) is 3.03. The quantitative estimate of drug-likeness (QED) is 0.368. The fourth-order valence-corrected chi connectivity index (χ4v) is 1.32. The molecule has 0 aromatic heterocycles. The zero-order valence-electron chi connectivity index (χ0n) is 9.37. The van der Waals surface area contributed by atoms with Gasteiger partial charge in [0.25, 0.3) is 0 Å². The third-order valence-electron chi connectivity index (χ3n) is 2.08. The van der Waals surface area contributed by atoms with E-state index >= 15 is 0 Å². The molecule has 9 nitrogen and oxygen atoms in total. The van der Waals surface area contributed by atoms with Crippen LogP contribution in [-0.4, -0.2) is 20.9 Å². The maximum absolute atomic E-state index is 11.3. The monoisotopic (exact) mass is 280 g/mol. The number of carboxylic acids is 1. The number of hydrogen-bond donors (Lipinski definition) is 1. The fourth-order valence-electron chi connectivity index (χ4n) is 1.32. The molecule has 0 saturated carbocycles. The molecule has 1 N–H and O–H groups in total. The van der Waals surface area contributed by atoms with Crippen LogP contribution in [0, 0.1) is 27.2 Å². The van der Waals surface area contributed by atoms with Gasteiger partial charge in [-0.15, -0.1) is 0 Å².